The molecule has 3 heterocycles. The van der Waals surface area contributed by atoms with Crippen molar-refractivity contribution >= 4 is 10.9 Å². The number of ether oxygens (including phenoxy) is 1. The number of aryl methyl sites for hydroxylation is 1. The molecule has 0 unspecified atom stereocenters. The normalized spacial score (nSPS) is 16.4. The zero-order valence-electron chi connectivity index (χ0n) is 13.3. The SMILES string of the molecule is Cc1cccc2cc(-c3nccn3CC3(C)COC3)c(=O)[nH]c12. The summed E-state index contributed by atoms with van der Waals surface area (Å²) in [6, 6.07) is 7.94. The number of aromatic nitrogens is 3. The van der Waals surface area contributed by atoms with Gasteiger partial charge in [-0.1, -0.05) is 25.1 Å². The van der Waals surface area contributed by atoms with Crippen LogP contribution in [-0.4, -0.2) is 27.7 Å². The Kier molecular flexibility index (Phi) is 3.13. The van der Waals surface area contributed by atoms with Crippen molar-refractivity contribution in [1.29, 1.82) is 0 Å². The van der Waals surface area contributed by atoms with Gasteiger partial charge in [-0.2, -0.15) is 0 Å². The molecule has 118 valence electrons. The topological polar surface area (TPSA) is 59.9 Å². The Morgan fingerprint density at radius 1 is 1.39 bits per heavy atom. The van der Waals surface area contributed by atoms with Crippen LogP contribution in [0.2, 0.25) is 0 Å². The fraction of sp³-hybridized carbons (Fsp3) is 0.333. The van der Waals surface area contributed by atoms with Crippen molar-refractivity contribution in [2.45, 2.75) is 20.4 Å². The molecular formula is C18H19N3O2. The van der Waals surface area contributed by atoms with Gasteiger partial charge in [0, 0.05) is 24.4 Å². The number of benzene rings is 1. The monoisotopic (exact) mass is 309 g/mol. The molecule has 1 N–H and O–H groups in total. The molecule has 1 saturated heterocycles. The second kappa shape index (κ2) is 5.06. The Bertz CT molecular complexity index is 935. The van der Waals surface area contributed by atoms with E-state index >= 15 is 0 Å². The molecule has 0 radical (unpaired) electrons. The number of hydrogen-bond acceptors (Lipinski definition) is 3. The van der Waals surface area contributed by atoms with Crippen molar-refractivity contribution in [2.75, 3.05) is 13.2 Å². The molecule has 0 spiro atoms. The van der Waals surface area contributed by atoms with Crippen LogP contribution in [0, 0.1) is 12.3 Å². The van der Waals surface area contributed by atoms with Crippen molar-refractivity contribution in [2.24, 2.45) is 5.41 Å². The van der Waals surface area contributed by atoms with Gasteiger partial charge in [-0.15, -0.1) is 0 Å². The van der Waals surface area contributed by atoms with Crippen LogP contribution >= 0.6 is 0 Å². The number of rotatable bonds is 3. The lowest BCUT2D eigenvalue weighted by Crippen LogP contribution is -2.43. The average Bonchev–Trinajstić information content (AvgIpc) is 2.94. The fourth-order valence-electron chi connectivity index (χ4n) is 3.18. The molecule has 0 saturated carbocycles. The first kappa shape index (κ1) is 14.2. The van der Waals surface area contributed by atoms with Crippen LogP contribution in [0.25, 0.3) is 22.3 Å². The third-order valence-corrected chi connectivity index (χ3v) is 4.50. The number of nitrogens with zero attached hydrogens (tertiary/aromatic N) is 2. The Hall–Kier alpha value is -2.40. The van der Waals surface area contributed by atoms with Crippen molar-refractivity contribution < 1.29 is 4.74 Å². The van der Waals surface area contributed by atoms with Gasteiger partial charge in [0.2, 0.25) is 0 Å². The van der Waals surface area contributed by atoms with E-state index in [4.69, 9.17) is 4.74 Å². The zero-order chi connectivity index (χ0) is 16.0. The number of imidazole rings is 1. The molecule has 1 aliphatic heterocycles. The van der Waals surface area contributed by atoms with Crippen molar-refractivity contribution in [3.8, 4) is 11.4 Å². The van der Waals surface area contributed by atoms with Crippen LogP contribution in [-0.2, 0) is 11.3 Å². The predicted octanol–water partition coefficient (Wildman–Crippen LogP) is 2.74. The van der Waals surface area contributed by atoms with Crippen molar-refractivity contribution in [3.05, 3.63) is 52.6 Å². The van der Waals surface area contributed by atoms with E-state index in [2.05, 4.69) is 21.5 Å². The molecule has 0 aliphatic carbocycles. The summed E-state index contributed by atoms with van der Waals surface area (Å²) in [5.74, 6) is 0.711. The summed E-state index contributed by atoms with van der Waals surface area (Å²) < 4.78 is 7.38. The van der Waals surface area contributed by atoms with Gasteiger partial charge in [0.15, 0.2) is 0 Å². The summed E-state index contributed by atoms with van der Waals surface area (Å²) in [5.41, 5.74) is 2.58. The quantitative estimate of drug-likeness (QED) is 0.809. The highest BCUT2D eigenvalue weighted by Gasteiger charge is 2.34. The Morgan fingerprint density at radius 2 is 2.22 bits per heavy atom. The summed E-state index contributed by atoms with van der Waals surface area (Å²) >= 11 is 0. The van der Waals surface area contributed by atoms with Gasteiger partial charge in [0.1, 0.15) is 5.82 Å². The molecule has 5 heteroatoms. The highest BCUT2D eigenvalue weighted by molar-refractivity contribution is 5.84. The minimum Gasteiger partial charge on any atom is -0.380 e. The maximum Gasteiger partial charge on any atom is 0.259 e. The van der Waals surface area contributed by atoms with Crippen molar-refractivity contribution in [3.63, 3.8) is 0 Å². The minimum atomic E-state index is -0.103. The second-order valence-electron chi connectivity index (χ2n) is 6.73. The second-order valence-corrected chi connectivity index (χ2v) is 6.73. The summed E-state index contributed by atoms with van der Waals surface area (Å²) in [7, 11) is 0. The Balaban J connectivity index is 1.82. The first-order chi connectivity index (χ1) is 11.1. The van der Waals surface area contributed by atoms with E-state index in [-0.39, 0.29) is 11.0 Å². The first-order valence-corrected chi connectivity index (χ1v) is 7.78. The molecule has 4 rings (SSSR count). The lowest BCUT2D eigenvalue weighted by Gasteiger charge is -2.38. The van der Waals surface area contributed by atoms with Gasteiger partial charge in [-0.25, -0.2) is 4.98 Å². The number of aromatic amines is 1. The molecule has 0 bridgehead atoms. The first-order valence-electron chi connectivity index (χ1n) is 7.78. The van der Waals surface area contributed by atoms with Gasteiger partial charge in [-0.05, 0) is 23.9 Å². The number of H-pyrrole nitrogens is 1. The summed E-state index contributed by atoms with van der Waals surface area (Å²) in [4.78, 5) is 20.0. The highest BCUT2D eigenvalue weighted by atomic mass is 16.5. The largest absolute Gasteiger partial charge is 0.380 e. The summed E-state index contributed by atoms with van der Waals surface area (Å²) in [6.45, 7) is 6.48. The van der Waals surface area contributed by atoms with E-state index < -0.39 is 0 Å². The zero-order valence-corrected chi connectivity index (χ0v) is 13.3. The molecule has 3 aromatic rings. The molecule has 5 nitrogen and oxygen atoms in total. The van der Waals surface area contributed by atoms with E-state index in [1.54, 1.807) is 6.20 Å². The number of nitrogens with one attached hydrogen (secondary N) is 1. The number of pyridine rings is 1. The molecule has 1 fully saturated rings. The van der Waals surface area contributed by atoms with Gasteiger partial charge >= 0.3 is 0 Å². The lowest BCUT2D eigenvalue weighted by atomic mass is 9.88. The van der Waals surface area contributed by atoms with Gasteiger partial charge in [0.05, 0.1) is 24.3 Å². The summed E-state index contributed by atoms with van der Waals surface area (Å²) in [5, 5.41) is 1.02. The number of para-hydroxylation sites is 1. The lowest BCUT2D eigenvalue weighted by molar-refractivity contribution is -0.109. The molecular weight excluding hydrogens is 290 g/mol. The molecule has 1 aromatic carbocycles. The van der Waals surface area contributed by atoms with Crippen LogP contribution in [0.15, 0.2) is 41.5 Å². The molecule has 0 amide bonds. The van der Waals surface area contributed by atoms with Crippen LogP contribution in [0.5, 0.6) is 0 Å². The standard InChI is InChI=1S/C18H19N3O2/c1-12-4-3-5-13-8-14(17(22)20-15(12)13)16-19-6-7-21(16)9-18(2)10-23-11-18/h3-8H,9-11H2,1-2H3,(H,20,22). The van der Waals surface area contributed by atoms with E-state index in [0.717, 1.165) is 36.2 Å². The van der Waals surface area contributed by atoms with Crippen LogP contribution in [0.1, 0.15) is 12.5 Å². The van der Waals surface area contributed by atoms with E-state index in [1.807, 2.05) is 37.4 Å². The smallest absolute Gasteiger partial charge is 0.259 e. The van der Waals surface area contributed by atoms with Crippen LogP contribution in [0.4, 0.5) is 0 Å². The average molecular weight is 309 g/mol. The number of fused-ring (bicyclic) bond motifs is 1. The third kappa shape index (κ3) is 2.37. The van der Waals surface area contributed by atoms with Crippen LogP contribution < -0.4 is 5.56 Å². The van der Waals surface area contributed by atoms with E-state index in [0.29, 0.717) is 11.4 Å². The molecule has 0 atom stereocenters. The van der Waals surface area contributed by atoms with Gasteiger partial charge in [-0.3, -0.25) is 4.79 Å². The fourth-order valence-corrected chi connectivity index (χ4v) is 3.18. The number of hydrogen-bond donors (Lipinski definition) is 1. The maximum atomic E-state index is 12.6. The molecule has 2 aromatic heterocycles. The van der Waals surface area contributed by atoms with E-state index in [9.17, 15) is 4.79 Å². The highest BCUT2D eigenvalue weighted by Crippen LogP contribution is 2.30. The third-order valence-electron chi connectivity index (χ3n) is 4.50. The molecule has 1 aliphatic rings. The van der Waals surface area contributed by atoms with Gasteiger partial charge in [0.25, 0.3) is 5.56 Å². The molecule has 23 heavy (non-hydrogen) atoms. The summed E-state index contributed by atoms with van der Waals surface area (Å²) in [6.07, 6.45) is 3.68. The minimum absolute atomic E-state index is 0.103. The predicted molar refractivity (Wildman–Crippen MR) is 89.5 cm³/mol. The van der Waals surface area contributed by atoms with E-state index in [1.165, 1.54) is 0 Å². The Morgan fingerprint density at radius 3 is 2.96 bits per heavy atom. The van der Waals surface area contributed by atoms with Crippen molar-refractivity contribution in [1.82, 2.24) is 14.5 Å². The Labute approximate surface area is 133 Å². The van der Waals surface area contributed by atoms with Crippen LogP contribution in [0.3, 0.4) is 0 Å². The van der Waals surface area contributed by atoms with Gasteiger partial charge < -0.3 is 14.3 Å². The maximum absolute atomic E-state index is 12.6.